The molecule has 1 heterocycles. The Balaban J connectivity index is 2.24. The normalized spacial score (nSPS) is 17.8. The van der Waals surface area contributed by atoms with Gasteiger partial charge in [0.2, 0.25) is 0 Å². The van der Waals surface area contributed by atoms with E-state index in [-0.39, 0.29) is 11.2 Å². The quantitative estimate of drug-likeness (QED) is 0.701. The molecule has 3 rings (SSSR count). The van der Waals surface area contributed by atoms with E-state index in [1.165, 1.54) is 5.56 Å². The predicted molar refractivity (Wildman–Crippen MR) is 72.9 cm³/mol. The molecule has 1 aliphatic rings. The van der Waals surface area contributed by atoms with E-state index in [4.69, 9.17) is 0 Å². The smallest absolute Gasteiger partial charge is 0.165 e. The van der Waals surface area contributed by atoms with Gasteiger partial charge in [-0.3, -0.25) is 9.78 Å². The number of Topliss-reactive ketones (excluding diaryl/α,β-unsaturated/α-hetero) is 1. The van der Waals surface area contributed by atoms with E-state index >= 15 is 0 Å². The fourth-order valence-corrected chi connectivity index (χ4v) is 2.76. The molecule has 0 spiro atoms. The molecule has 2 nitrogen and oxygen atoms in total. The molecule has 0 fully saturated rings. The molecule has 18 heavy (non-hydrogen) atoms. The van der Waals surface area contributed by atoms with Gasteiger partial charge in [0, 0.05) is 17.4 Å². The van der Waals surface area contributed by atoms with E-state index in [1.807, 2.05) is 12.1 Å². The van der Waals surface area contributed by atoms with Crippen LogP contribution in [0.1, 0.15) is 41.9 Å². The number of fused-ring (bicyclic) bond motifs is 2. The number of aromatic nitrogens is 1. The highest BCUT2D eigenvalue weighted by atomic mass is 16.1. The summed E-state index contributed by atoms with van der Waals surface area (Å²) in [6.07, 6.45) is 1.51. The standard InChI is InChI=1S/C16H17NO/c1-10-4-5-13-11(6-10)7-12-14(17-13)8-16(2,3)9-15(12)18/h4-7H,8-9H2,1-3H3. The van der Waals surface area contributed by atoms with Crippen molar-refractivity contribution in [2.24, 2.45) is 5.41 Å². The molecule has 0 saturated carbocycles. The first-order valence-corrected chi connectivity index (χ1v) is 6.38. The maximum atomic E-state index is 12.2. The number of aryl methyl sites for hydroxylation is 1. The summed E-state index contributed by atoms with van der Waals surface area (Å²) < 4.78 is 0. The Morgan fingerprint density at radius 2 is 1.94 bits per heavy atom. The number of rotatable bonds is 0. The molecule has 1 aliphatic carbocycles. The maximum absolute atomic E-state index is 12.2. The van der Waals surface area contributed by atoms with Gasteiger partial charge in [0.05, 0.1) is 11.2 Å². The number of hydrogen-bond donors (Lipinski definition) is 0. The highest BCUT2D eigenvalue weighted by Gasteiger charge is 2.31. The Morgan fingerprint density at radius 3 is 2.72 bits per heavy atom. The highest BCUT2D eigenvalue weighted by Crippen LogP contribution is 2.35. The third-order valence-electron chi connectivity index (χ3n) is 3.63. The first-order chi connectivity index (χ1) is 8.44. The second kappa shape index (κ2) is 3.64. The van der Waals surface area contributed by atoms with Gasteiger partial charge < -0.3 is 0 Å². The minimum Gasteiger partial charge on any atom is -0.294 e. The monoisotopic (exact) mass is 239 g/mol. The van der Waals surface area contributed by atoms with Crippen molar-refractivity contribution in [1.82, 2.24) is 4.98 Å². The Bertz CT molecular complexity index is 655. The zero-order valence-electron chi connectivity index (χ0n) is 11.1. The summed E-state index contributed by atoms with van der Waals surface area (Å²) in [6, 6.07) is 8.21. The lowest BCUT2D eigenvalue weighted by atomic mass is 9.75. The van der Waals surface area contributed by atoms with Gasteiger partial charge in [0.1, 0.15) is 0 Å². The molecule has 0 radical (unpaired) electrons. The topological polar surface area (TPSA) is 30.0 Å². The van der Waals surface area contributed by atoms with Crippen LogP contribution in [0.3, 0.4) is 0 Å². The van der Waals surface area contributed by atoms with Crippen LogP contribution in [0.4, 0.5) is 0 Å². The van der Waals surface area contributed by atoms with Crippen molar-refractivity contribution in [2.75, 3.05) is 0 Å². The van der Waals surface area contributed by atoms with E-state index in [0.717, 1.165) is 28.6 Å². The minimum atomic E-state index is 0.0372. The van der Waals surface area contributed by atoms with Gasteiger partial charge in [-0.15, -0.1) is 0 Å². The Labute approximate surface area is 107 Å². The molecule has 0 amide bonds. The van der Waals surface area contributed by atoms with Gasteiger partial charge in [-0.2, -0.15) is 0 Å². The summed E-state index contributed by atoms with van der Waals surface area (Å²) in [4.78, 5) is 16.9. The van der Waals surface area contributed by atoms with Crippen molar-refractivity contribution in [1.29, 1.82) is 0 Å². The van der Waals surface area contributed by atoms with Crippen LogP contribution in [0, 0.1) is 12.3 Å². The number of pyridine rings is 1. The number of ketones is 1. The summed E-state index contributed by atoms with van der Waals surface area (Å²) in [5.74, 6) is 0.233. The zero-order chi connectivity index (χ0) is 12.9. The summed E-state index contributed by atoms with van der Waals surface area (Å²) in [5, 5.41) is 1.07. The summed E-state index contributed by atoms with van der Waals surface area (Å²) in [6.45, 7) is 6.33. The second-order valence-corrected chi connectivity index (χ2v) is 6.12. The average molecular weight is 239 g/mol. The maximum Gasteiger partial charge on any atom is 0.165 e. The minimum absolute atomic E-state index is 0.0372. The van der Waals surface area contributed by atoms with Crippen molar-refractivity contribution in [3.8, 4) is 0 Å². The van der Waals surface area contributed by atoms with Gasteiger partial charge in [0.15, 0.2) is 5.78 Å². The molecule has 2 aromatic rings. The first-order valence-electron chi connectivity index (χ1n) is 6.38. The Morgan fingerprint density at radius 1 is 1.17 bits per heavy atom. The first kappa shape index (κ1) is 11.4. The average Bonchev–Trinajstić information content (AvgIpc) is 2.26. The molecule has 0 N–H and O–H groups in total. The molecule has 0 unspecified atom stereocenters. The van der Waals surface area contributed by atoms with Gasteiger partial charge >= 0.3 is 0 Å². The van der Waals surface area contributed by atoms with Crippen LogP contribution < -0.4 is 0 Å². The second-order valence-electron chi connectivity index (χ2n) is 6.12. The third kappa shape index (κ3) is 1.82. The molecule has 92 valence electrons. The molecule has 2 heteroatoms. The summed E-state index contributed by atoms with van der Waals surface area (Å²) in [5.41, 5.74) is 4.02. The number of benzene rings is 1. The van der Waals surface area contributed by atoms with Crippen molar-refractivity contribution >= 4 is 16.7 Å². The molecule has 1 aromatic carbocycles. The van der Waals surface area contributed by atoms with E-state index in [1.54, 1.807) is 0 Å². The number of hydrogen-bond acceptors (Lipinski definition) is 2. The molecule has 0 atom stereocenters. The van der Waals surface area contributed by atoms with Gasteiger partial charge in [-0.1, -0.05) is 25.5 Å². The van der Waals surface area contributed by atoms with Crippen molar-refractivity contribution < 1.29 is 4.79 Å². The van der Waals surface area contributed by atoms with E-state index < -0.39 is 0 Å². The van der Waals surface area contributed by atoms with Crippen LogP contribution in [0.2, 0.25) is 0 Å². The number of carbonyl (C=O) groups is 1. The van der Waals surface area contributed by atoms with Gasteiger partial charge in [-0.05, 0) is 37.0 Å². The molecule has 0 bridgehead atoms. The van der Waals surface area contributed by atoms with Crippen molar-refractivity contribution in [2.45, 2.75) is 33.6 Å². The number of carbonyl (C=O) groups excluding carboxylic acids is 1. The molecule has 0 aliphatic heterocycles. The molecular formula is C16H17NO. The lowest BCUT2D eigenvalue weighted by molar-refractivity contribution is 0.0910. The fraction of sp³-hybridized carbons (Fsp3) is 0.375. The molecular weight excluding hydrogens is 222 g/mol. The fourth-order valence-electron chi connectivity index (χ4n) is 2.76. The van der Waals surface area contributed by atoms with Crippen LogP contribution in [-0.4, -0.2) is 10.8 Å². The zero-order valence-corrected chi connectivity index (χ0v) is 11.1. The molecule has 0 saturated heterocycles. The lowest BCUT2D eigenvalue weighted by Crippen LogP contribution is -2.27. The van der Waals surface area contributed by atoms with Crippen LogP contribution >= 0.6 is 0 Å². The SMILES string of the molecule is Cc1ccc2nc3c(cc2c1)C(=O)CC(C)(C)C3. The van der Waals surface area contributed by atoms with Gasteiger partial charge in [-0.25, -0.2) is 0 Å². The van der Waals surface area contributed by atoms with Crippen LogP contribution in [-0.2, 0) is 6.42 Å². The molecule has 1 aromatic heterocycles. The van der Waals surface area contributed by atoms with E-state index in [2.05, 4.69) is 37.9 Å². The van der Waals surface area contributed by atoms with Gasteiger partial charge in [0.25, 0.3) is 0 Å². The number of nitrogens with zero attached hydrogens (tertiary/aromatic N) is 1. The highest BCUT2D eigenvalue weighted by molar-refractivity contribution is 6.01. The van der Waals surface area contributed by atoms with Crippen LogP contribution in [0.15, 0.2) is 24.3 Å². The summed E-state index contributed by atoms with van der Waals surface area (Å²) in [7, 11) is 0. The van der Waals surface area contributed by atoms with Crippen LogP contribution in [0.5, 0.6) is 0 Å². The Kier molecular flexibility index (Phi) is 2.31. The third-order valence-corrected chi connectivity index (χ3v) is 3.63. The van der Waals surface area contributed by atoms with Crippen molar-refractivity contribution in [3.63, 3.8) is 0 Å². The van der Waals surface area contributed by atoms with E-state index in [0.29, 0.717) is 6.42 Å². The lowest BCUT2D eigenvalue weighted by Gasteiger charge is -2.29. The summed E-state index contributed by atoms with van der Waals surface area (Å²) >= 11 is 0. The van der Waals surface area contributed by atoms with Crippen LogP contribution in [0.25, 0.3) is 10.9 Å². The Hall–Kier alpha value is -1.70. The van der Waals surface area contributed by atoms with E-state index in [9.17, 15) is 4.79 Å². The van der Waals surface area contributed by atoms with Crippen molar-refractivity contribution in [3.05, 3.63) is 41.1 Å². The predicted octanol–water partition coefficient (Wildman–Crippen LogP) is 3.70. The largest absolute Gasteiger partial charge is 0.294 e.